The Morgan fingerprint density at radius 3 is 2.29 bits per heavy atom. The minimum absolute atomic E-state index is 0.0499. The number of hydrogen-bond donors (Lipinski definition) is 2. The van der Waals surface area contributed by atoms with E-state index in [-0.39, 0.29) is 21.9 Å². The number of esters is 1. The monoisotopic (exact) mass is 496 g/mol. The zero-order valence-corrected chi connectivity index (χ0v) is 20.1. The van der Waals surface area contributed by atoms with Gasteiger partial charge in [0, 0.05) is 11.3 Å². The molecule has 0 aliphatic rings. The molecule has 10 heteroatoms. The van der Waals surface area contributed by atoms with E-state index in [2.05, 4.69) is 10.0 Å². The Morgan fingerprint density at radius 1 is 0.886 bits per heavy atom. The van der Waals surface area contributed by atoms with E-state index in [0.717, 1.165) is 6.07 Å². The van der Waals surface area contributed by atoms with Crippen LogP contribution in [0.4, 0.5) is 11.4 Å². The lowest BCUT2D eigenvalue weighted by molar-refractivity contribution is -0.123. The number of nitrogens with one attached hydrogen (secondary N) is 2. The molecule has 0 spiro atoms. The fraction of sp³-hybridized carbons (Fsp3) is 0.160. The van der Waals surface area contributed by atoms with Gasteiger partial charge < -0.3 is 14.8 Å². The number of anilines is 2. The molecule has 0 aromatic heterocycles. The van der Waals surface area contributed by atoms with E-state index in [0.29, 0.717) is 17.0 Å². The molecule has 0 radical (unpaired) electrons. The number of para-hydroxylation sites is 2. The van der Waals surface area contributed by atoms with Gasteiger partial charge in [0.05, 0.1) is 23.3 Å². The van der Waals surface area contributed by atoms with Gasteiger partial charge in [0.25, 0.3) is 15.9 Å². The smallest absolute Gasteiger partial charge is 0.338 e. The summed E-state index contributed by atoms with van der Waals surface area (Å²) in [5.41, 5.74) is 0.988. The summed E-state index contributed by atoms with van der Waals surface area (Å²) in [5.74, 6) is -1.31. The largest absolute Gasteiger partial charge is 0.495 e. The maximum absolute atomic E-state index is 12.8. The normalized spacial score (nSPS) is 11.7. The molecule has 0 heterocycles. The lowest BCUT2D eigenvalue weighted by atomic mass is 10.1. The van der Waals surface area contributed by atoms with Gasteiger partial charge in [-0.3, -0.25) is 14.3 Å². The molecule has 1 amide bonds. The number of methoxy groups -OCH3 is 1. The van der Waals surface area contributed by atoms with E-state index in [1.54, 1.807) is 42.5 Å². The number of sulfonamides is 1. The number of ketones is 1. The summed E-state index contributed by atoms with van der Waals surface area (Å²) in [6.45, 7) is 2.79. The average molecular weight is 497 g/mol. The molecule has 0 fully saturated rings. The van der Waals surface area contributed by atoms with Crippen molar-refractivity contribution in [2.24, 2.45) is 0 Å². The van der Waals surface area contributed by atoms with Crippen molar-refractivity contribution < 1.29 is 32.3 Å². The van der Waals surface area contributed by atoms with Crippen LogP contribution >= 0.6 is 0 Å². The third-order valence-corrected chi connectivity index (χ3v) is 6.28. The lowest BCUT2D eigenvalue weighted by Gasteiger charge is -2.15. The predicted molar refractivity (Wildman–Crippen MR) is 130 cm³/mol. The molecular weight excluding hydrogens is 472 g/mol. The first kappa shape index (κ1) is 25.4. The van der Waals surface area contributed by atoms with Crippen molar-refractivity contribution in [3.8, 4) is 5.75 Å². The highest BCUT2D eigenvalue weighted by molar-refractivity contribution is 7.92. The molecule has 3 aromatic carbocycles. The maximum Gasteiger partial charge on any atom is 0.338 e. The van der Waals surface area contributed by atoms with Crippen molar-refractivity contribution in [3.63, 3.8) is 0 Å². The number of amides is 1. The summed E-state index contributed by atoms with van der Waals surface area (Å²) in [6.07, 6.45) is -1.18. The zero-order chi connectivity index (χ0) is 25.6. The standard InChI is InChI=1S/C25H24N2O7S/c1-16(28)18-8-6-10-20(14-18)26-24(29)17(2)34-25(30)19-9-7-11-21(15-19)35(31,32)27-22-12-4-5-13-23(22)33-3/h4-15,17,27H,1-3H3,(H,26,29). The van der Waals surface area contributed by atoms with Gasteiger partial charge in [0.2, 0.25) is 0 Å². The molecular formula is C25H24N2O7S. The molecule has 9 nitrogen and oxygen atoms in total. The van der Waals surface area contributed by atoms with Gasteiger partial charge in [-0.2, -0.15) is 0 Å². The lowest BCUT2D eigenvalue weighted by Crippen LogP contribution is -2.30. The number of carbonyl (C=O) groups is 3. The predicted octanol–water partition coefficient (Wildman–Crippen LogP) is 3.88. The van der Waals surface area contributed by atoms with Gasteiger partial charge >= 0.3 is 5.97 Å². The number of benzene rings is 3. The molecule has 0 aliphatic carbocycles. The van der Waals surface area contributed by atoms with Crippen LogP contribution in [0.15, 0.2) is 77.7 Å². The first-order chi connectivity index (χ1) is 16.6. The molecule has 0 saturated heterocycles. The summed E-state index contributed by atoms with van der Waals surface area (Å²) < 4.78 is 38.5. The van der Waals surface area contributed by atoms with E-state index < -0.39 is 28.0 Å². The minimum atomic E-state index is -4.04. The Morgan fingerprint density at radius 2 is 1.57 bits per heavy atom. The van der Waals surface area contributed by atoms with Crippen molar-refractivity contribution >= 4 is 39.1 Å². The van der Waals surface area contributed by atoms with Crippen LogP contribution in [-0.2, 0) is 19.6 Å². The van der Waals surface area contributed by atoms with E-state index >= 15 is 0 Å². The summed E-state index contributed by atoms with van der Waals surface area (Å²) in [4.78, 5) is 36.4. The van der Waals surface area contributed by atoms with Crippen LogP contribution in [0, 0.1) is 0 Å². The van der Waals surface area contributed by atoms with Crippen LogP contribution in [-0.4, -0.2) is 39.3 Å². The molecule has 182 valence electrons. The summed E-state index contributed by atoms with van der Waals surface area (Å²) in [5, 5.41) is 2.58. The van der Waals surface area contributed by atoms with Crippen LogP contribution < -0.4 is 14.8 Å². The fourth-order valence-electron chi connectivity index (χ4n) is 3.06. The second-order valence-corrected chi connectivity index (χ2v) is 9.19. The van der Waals surface area contributed by atoms with Gasteiger partial charge in [-0.1, -0.05) is 30.3 Å². The van der Waals surface area contributed by atoms with E-state index in [1.165, 1.54) is 45.2 Å². The Labute approximate surface area is 203 Å². The molecule has 0 saturated carbocycles. The van der Waals surface area contributed by atoms with Crippen LogP contribution in [0.25, 0.3) is 0 Å². The van der Waals surface area contributed by atoms with Crippen LogP contribution in [0.3, 0.4) is 0 Å². The third-order valence-electron chi connectivity index (χ3n) is 4.92. The van der Waals surface area contributed by atoms with Crippen molar-refractivity contribution in [2.75, 3.05) is 17.1 Å². The molecule has 0 bridgehead atoms. The Kier molecular flexibility index (Phi) is 7.87. The maximum atomic E-state index is 12.8. The molecule has 3 rings (SSSR count). The average Bonchev–Trinajstić information content (AvgIpc) is 2.84. The molecule has 2 N–H and O–H groups in total. The number of rotatable bonds is 9. The van der Waals surface area contributed by atoms with Gasteiger partial charge in [-0.15, -0.1) is 0 Å². The van der Waals surface area contributed by atoms with Crippen LogP contribution in [0.2, 0.25) is 0 Å². The van der Waals surface area contributed by atoms with E-state index in [4.69, 9.17) is 9.47 Å². The Bertz CT molecular complexity index is 1370. The van der Waals surface area contributed by atoms with Crippen LogP contribution in [0.1, 0.15) is 34.6 Å². The first-order valence-electron chi connectivity index (χ1n) is 10.5. The van der Waals surface area contributed by atoms with E-state index in [1.807, 2.05) is 0 Å². The fourth-order valence-corrected chi connectivity index (χ4v) is 4.18. The molecule has 1 unspecified atom stereocenters. The van der Waals surface area contributed by atoms with Gasteiger partial charge in [0.1, 0.15) is 5.75 Å². The molecule has 1 atom stereocenters. The van der Waals surface area contributed by atoms with Crippen LogP contribution in [0.5, 0.6) is 5.75 Å². The second kappa shape index (κ2) is 10.8. The second-order valence-electron chi connectivity index (χ2n) is 7.51. The zero-order valence-electron chi connectivity index (χ0n) is 19.3. The van der Waals surface area contributed by atoms with Gasteiger partial charge in [-0.05, 0) is 56.3 Å². The summed E-state index contributed by atoms with van der Waals surface area (Å²) in [6, 6.07) is 18.1. The Balaban J connectivity index is 1.70. The summed E-state index contributed by atoms with van der Waals surface area (Å²) >= 11 is 0. The van der Waals surface area contributed by atoms with Gasteiger partial charge in [-0.25, -0.2) is 13.2 Å². The summed E-state index contributed by atoms with van der Waals surface area (Å²) in [7, 11) is -2.63. The Hall–Kier alpha value is -4.18. The van der Waals surface area contributed by atoms with Crippen molar-refractivity contribution in [1.82, 2.24) is 0 Å². The van der Waals surface area contributed by atoms with Crippen molar-refractivity contribution in [3.05, 3.63) is 83.9 Å². The molecule has 35 heavy (non-hydrogen) atoms. The molecule has 0 aliphatic heterocycles. The molecule has 3 aromatic rings. The quantitative estimate of drug-likeness (QED) is 0.340. The number of hydrogen-bond acceptors (Lipinski definition) is 7. The highest BCUT2D eigenvalue weighted by Gasteiger charge is 2.22. The topological polar surface area (TPSA) is 128 Å². The first-order valence-corrected chi connectivity index (χ1v) is 12.0. The SMILES string of the molecule is COc1ccccc1NS(=O)(=O)c1cccc(C(=O)OC(C)C(=O)Nc2cccc(C(C)=O)c2)c1. The van der Waals surface area contributed by atoms with Crippen molar-refractivity contribution in [1.29, 1.82) is 0 Å². The number of carbonyl (C=O) groups excluding carboxylic acids is 3. The number of ether oxygens (including phenoxy) is 2. The highest BCUT2D eigenvalue weighted by Crippen LogP contribution is 2.26. The van der Waals surface area contributed by atoms with Crippen molar-refractivity contribution in [2.45, 2.75) is 24.8 Å². The number of Topliss-reactive ketones (excluding diaryl/α,β-unsaturated/α-hetero) is 1. The minimum Gasteiger partial charge on any atom is -0.495 e. The third kappa shape index (κ3) is 6.45. The highest BCUT2D eigenvalue weighted by atomic mass is 32.2. The van der Waals surface area contributed by atoms with Gasteiger partial charge in [0.15, 0.2) is 11.9 Å². The van der Waals surface area contributed by atoms with E-state index in [9.17, 15) is 22.8 Å².